The Hall–Kier alpha value is -7.23. The molecular formula is C64H51N3. The number of nitrogens with zero attached hydrogens (tertiary/aromatic N) is 3. The summed E-state index contributed by atoms with van der Waals surface area (Å²) in [6.45, 7) is 4.92. The van der Waals surface area contributed by atoms with Crippen LogP contribution in [0, 0.1) is 23.7 Å². The molecule has 1 spiro atoms. The van der Waals surface area contributed by atoms with E-state index in [-0.39, 0.29) is 10.8 Å². The lowest BCUT2D eigenvalue weighted by atomic mass is 9.39. The van der Waals surface area contributed by atoms with E-state index in [1.54, 1.807) is 11.1 Å². The van der Waals surface area contributed by atoms with E-state index in [1.165, 1.54) is 92.2 Å². The molecular weight excluding hydrogens is 811 g/mol. The molecule has 0 atom stereocenters. The molecule has 5 aliphatic rings. The summed E-state index contributed by atoms with van der Waals surface area (Å²) in [5.74, 6) is 5.31. The maximum absolute atomic E-state index is 5.17. The molecule has 1 heterocycles. The summed E-state index contributed by atoms with van der Waals surface area (Å²) >= 11 is 0. The number of fused-ring (bicyclic) bond motifs is 8. The van der Waals surface area contributed by atoms with Crippen LogP contribution in [0.15, 0.2) is 188 Å². The molecule has 3 nitrogen and oxygen atoms in total. The lowest BCUT2D eigenvalue weighted by Gasteiger charge is -2.64. The molecule has 0 amide bonds. The first-order valence-corrected chi connectivity index (χ1v) is 24.5. The first-order chi connectivity index (χ1) is 32.9. The van der Waals surface area contributed by atoms with Gasteiger partial charge in [-0.25, -0.2) is 15.0 Å². The highest BCUT2D eigenvalue weighted by molar-refractivity contribution is 6.25. The van der Waals surface area contributed by atoms with Gasteiger partial charge in [0.1, 0.15) is 0 Å². The van der Waals surface area contributed by atoms with Crippen molar-refractivity contribution in [2.75, 3.05) is 0 Å². The molecule has 4 fully saturated rings. The van der Waals surface area contributed by atoms with Crippen molar-refractivity contribution in [1.29, 1.82) is 0 Å². The van der Waals surface area contributed by atoms with Crippen LogP contribution in [-0.2, 0) is 10.8 Å². The van der Waals surface area contributed by atoms with E-state index in [1.807, 2.05) is 18.2 Å². The van der Waals surface area contributed by atoms with Crippen molar-refractivity contribution in [3.05, 3.63) is 210 Å². The van der Waals surface area contributed by atoms with Crippen molar-refractivity contribution in [1.82, 2.24) is 15.0 Å². The smallest absolute Gasteiger partial charge is 0.164 e. The topological polar surface area (TPSA) is 38.7 Å². The van der Waals surface area contributed by atoms with Gasteiger partial charge in [-0.1, -0.05) is 190 Å². The van der Waals surface area contributed by atoms with Gasteiger partial charge in [-0.2, -0.15) is 0 Å². The Balaban J connectivity index is 0.819. The highest BCUT2D eigenvalue weighted by Crippen LogP contribution is 2.68. The number of rotatable bonds is 5. The summed E-state index contributed by atoms with van der Waals surface area (Å²) in [4.78, 5) is 15.4. The standard InChI is InChI=1S/C64H51N3/c1-63(2)56-18-10-11-19-57(56)64(48-33-39-32-40(35-48)36-49(64)34-39)58-31-29-47(38-59(58)63)42-22-26-45(27-23-42)62-66-60(43-12-4-3-5-13-43)65-61(67-62)44-24-20-41(21-25-44)46-28-30-54-52-16-7-6-14-50(52)51-15-8-9-17-53(51)55(54)37-46/h3-31,37-40,48-49H,32-36H2,1-2H3. The lowest BCUT2D eigenvalue weighted by molar-refractivity contribution is -0.0443. The number of hydrogen-bond donors (Lipinski definition) is 0. The van der Waals surface area contributed by atoms with E-state index in [4.69, 9.17) is 15.0 Å². The Morgan fingerprint density at radius 2 is 0.701 bits per heavy atom. The molecule has 0 unspecified atom stereocenters. The molecule has 0 radical (unpaired) electrons. The van der Waals surface area contributed by atoms with E-state index < -0.39 is 0 Å². The highest BCUT2D eigenvalue weighted by Gasteiger charge is 2.62. The molecule has 5 aliphatic carbocycles. The largest absolute Gasteiger partial charge is 0.208 e. The first kappa shape index (κ1) is 39.0. The van der Waals surface area contributed by atoms with Gasteiger partial charge in [-0.3, -0.25) is 0 Å². The van der Waals surface area contributed by atoms with E-state index >= 15 is 0 Å². The SMILES string of the molecule is CC1(C)c2ccccc2C2(c3ccc(-c4ccc(-c5nc(-c6ccccc6)nc(-c6ccc(-c7ccc8c9ccccc9c9ccccc9c8c7)cc6)n5)cc4)cc31)C1CC3CC(C1)CC2C3. The predicted octanol–water partition coefficient (Wildman–Crippen LogP) is 16.0. The average Bonchev–Trinajstić information content (AvgIpc) is 3.38. The van der Waals surface area contributed by atoms with Crippen molar-refractivity contribution in [3.8, 4) is 56.4 Å². The quantitative estimate of drug-likeness (QED) is 0.162. The van der Waals surface area contributed by atoms with Crippen LogP contribution in [0.4, 0.5) is 0 Å². The maximum Gasteiger partial charge on any atom is 0.164 e. The average molecular weight is 862 g/mol. The second-order valence-electron chi connectivity index (χ2n) is 20.8. The minimum absolute atomic E-state index is 0.0885. The van der Waals surface area contributed by atoms with Crippen LogP contribution in [0.5, 0.6) is 0 Å². The molecule has 10 aromatic rings. The fourth-order valence-electron chi connectivity index (χ4n) is 14.1. The van der Waals surface area contributed by atoms with Crippen LogP contribution in [0.25, 0.3) is 88.7 Å². The van der Waals surface area contributed by atoms with Crippen LogP contribution in [0.1, 0.15) is 68.2 Å². The van der Waals surface area contributed by atoms with Crippen LogP contribution in [-0.4, -0.2) is 15.0 Å². The van der Waals surface area contributed by atoms with Crippen LogP contribution in [0.2, 0.25) is 0 Å². The van der Waals surface area contributed by atoms with Crippen LogP contribution in [0.3, 0.4) is 0 Å². The highest BCUT2D eigenvalue weighted by atomic mass is 15.0. The van der Waals surface area contributed by atoms with Crippen LogP contribution >= 0.6 is 0 Å². The van der Waals surface area contributed by atoms with E-state index in [0.29, 0.717) is 17.5 Å². The van der Waals surface area contributed by atoms with Gasteiger partial charge in [0.05, 0.1) is 0 Å². The number of benzene rings is 9. The first-order valence-electron chi connectivity index (χ1n) is 24.5. The maximum atomic E-state index is 5.17. The van der Waals surface area contributed by atoms with E-state index in [2.05, 4.69) is 184 Å². The fraction of sp³-hybridized carbons (Fsp3) is 0.203. The predicted molar refractivity (Wildman–Crippen MR) is 276 cm³/mol. The zero-order chi connectivity index (χ0) is 44.4. The molecule has 0 aliphatic heterocycles. The number of aromatic nitrogens is 3. The Bertz CT molecular complexity index is 3540. The van der Waals surface area contributed by atoms with Gasteiger partial charge in [0.2, 0.25) is 0 Å². The summed E-state index contributed by atoms with van der Waals surface area (Å²) in [5, 5.41) is 7.68. The zero-order valence-corrected chi connectivity index (χ0v) is 38.1. The molecule has 3 heteroatoms. The molecule has 322 valence electrons. The molecule has 1 aromatic heterocycles. The molecule has 15 rings (SSSR count). The minimum Gasteiger partial charge on any atom is -0.208 e. The molecule has 0 saturated heterocycles. The van der Waals surface area contributed by atoms with E-state index in [9.17, 15) is 0 Å². The molecule has 4 bridgehead atoms. The molecule has 67 heavy (non-hydrogen) atoms. The zero-order valence-electron chi connectivity index (χ0n) is 38.1. The van der Waals surface area contributed by atoms with Gasteiger partial charge in [-0.05, 0) is 145 Å². The Morgan fingerprint density at radius 3 is 1.25 bits per heavy atom. The van der Waals surface area contributed by atoms with Gasteiger partial charge in [0, 0.05) is 27.5 Å². The third-order valence-electron chi connectivity index (χ3n) is 17.0. The molecule has 0 N–H and O–H groups in total. The van der Waals surface area contributed by atoms with Crippen LogP contribution < -0.4 is 0 Å². The molecule has 9 aromatic carbocycles. The lowest BCUT2D eigenvalue weighted by Crippen LogP contribution is -2.58. The number of hydrogen-bond acceptors (Lipinski definition) is 3. The second-order valence-corrected chi connectivity index (χ2v) is 20.8. The summed E-state index contributed by atoms with van der Waals surface area (Å²) in [6, 6.07) is 69.3. The van der Waals surface area contributed by atoms with Gasteiger partial charge >= 0.3 is 0 Å². The third-order valence-corrected chi connectivity index (χ3v) is 17.0. The second kappa shape index (κ2) is 14.6. The van der Waals surface area contributed by atoms with Crippen molar-refractivity contribution >= 4 is 32.3 Å². The Kier molecular flexibility index (Phi) is 8.51. The van der Waals surface area contributed by atoms with Crippen molar-refractivity contribution < 1.29 is 0 Å². The van der Waals surface area contributed by atoms with Crippen molar-refractivity contribution in [3.63, 3.8) is 0 Å². The van der Waals surface area contributed by atoms with Gasteiger partial charge in [0.25, 0.3) is 0 Å². The normalized spacial score (nSPS) is 22.1. The van der Waals surface area contributed by atoms with E-state index in [0.717, 1.165) is 45.9 Å². The summed E-state index contributed by atoms with van der Waals surface area (Å²) < 4.78 is 0. The van der Waals surface area contributed by atoms with Gasteiger partial charge < -0.3 is 0 Å². The Labute approximate surface area is 392 Å². The Morgan fingerprint density at radius 1 is 0.313 bits per heavy atom. The summed E-state index contributed by atoms with van der Waals surface area (Å²) in [5.41, 5.74) is 14.0. The van der Waals surface area contributed by atoms with Crippen molar-refractivity contribution in [2.45, 2.75) is 56.8 Å². The minimum atomic E-state index is -0.0885. The van der Waals surface area contributed by atoms with Gasteiger partial charge in [-0.15, -0.1) is 0 Å². The third kappa shape index (κ3) is 5.86. The van der Waals surface area contributed by atoms with Crippen molar-refractivity contribution in [2.24, 2.45) is 23.7 Å². The molecule has 4 saturated carbocycles. The summed E-state index contributed by atoms with van der Waals surface area (Å²) in [6.07, 6.45) is 7.03. The van der Waals surface area contributed by atoms with Gasteiger partial charge in [0.15, 0.2) is 17.5 Å². The fourth-order valence-corrected chi connectivity index (χ4v) is 14.1. The monoisotopic (exact) mass is 861 g/mol. The summed E-state index contributed by atoms with van der Waals surface area (Å²) in [7, 11) is 0.